The van der Waals surface area contributed by atoms with Gasteiger partial charge in [0.1, 0.15) is 18.1 Å². The Labute approximate surface area is 230 Å². The Bertz CT molecular complexity index is 1130. The highest BCUT2D eigenvalue weighted by molar-refractivity contribution is 5.94. The number of para-hydroxylation sites is 1. The van der Waals surface area contributed by atoms with Crippen molar-refractivity contribution >= 4 is 34.6 Å². The van der Waals surface area contributed by atoms with Gasteiger partial charge in [0, 0.05) is 17.1 Å². The molecule has 0 aliphatic heterocycles. The van der Waals surface area contributed by atoms with Crippen LogP contribution in [0.25, 0.3) is 10.9 Å². The van der Waals surface area contributed by atoms with Crippen LogP contribution < -0.4 is 21.7 Å². The molecular weight excluding hydrogens is 498 g/mol. The Hall–Kier alpha value is -3.40. The van der Waals surface area contributed by atoms with Gasteiger partial charge in [0.2, 0.25) is 17.7 Å². The molecule has 0 spiro atoms. The summed E-state index contributed by atoms with van der Waals surface area (Å²) in [4.78, 5) is 54.6. The summed E-state index contributed by atoms with van der Waals surface area (Å²) in [7, 11) is 0. The summed E-state index contributed by atoms with van der Waals surface area (Å²) in [5.74, 6) is -3.10. The molecule has 0 unspecified atom stereocenters. The zero-order chi connectivity index (χ0) is 29.3. The molecule has 10 nitrogen and oxygen atoms in total. The van der Waals surface area contributed by atoms with E-state index in [0.29, 0.717) is 12.8 Å². The van der Waals surface area contributed by atoms with Gasteiger partial charge in [-0.05, 0) is 42.2 Å². The maximum absolute atomic E-state index is 13.5. The molecule has 6 atom stereocenters. The first-order chi connectivity index (χ1) is 18.4. The average molecular weight is 544 g/mol. The smallest absolute Gasteiger partial charge is 0.326 e. The third kappa shape index (κ3) is 8.81. The number of aliphatic carboxylic acids is 1. The SMILES string of the molecule is CC[C@H](C)[C@H](NC(=O)[C@@H](NC(=O)[C@@H](N)Cc1c[nH]c2ccccc12)[C@@H](C)CC)C(=O)N[C@@H](CC(C)C)C(=O)O. The molecule has 10 heteroatoms. The molecule has 0 fully saturated rings. The molecule has 1 heterocycles. The first kappa shape index (κ1) is 31.8. The van der Waals surface area contributed by atoms with Crippen LogP contribution in [0.15, 0.2) is 30.5 Å². The van der Waals surface area contributed by atoms with Gasteiger partial charge in [-0.3, -0.25) is 14.4 Å². The molecule has 2 rings (SSSR count). The second-order valence-electron chi connectivity index (χ2n) is 10.9. The third-order valence-corrected chi connectivity index (χ3v) is 7.36. The number of nitrogens with one attached hydrogen (secondary N) is 4. The van der Waals surface area contributed by atoms with Crippen molar-refractivity contribution in [2.24, 2.45) is 23.5 Å². The number of fused-ring (bicyclic) bond motifs is 1. The van der Waals surface area contributed by atoms with Crippen molar-refractivity contribution in [3.05, 3.63) is 36.0 Å². The standard InChI is InChI=1S/C29H45N5O5/c1-7-17(5)24(27(36)32-23(29(38)39)13-16(3)4)34-28(37)25(18(6)8-2)33-26(35)21(30)14-19-15-31-22-12-10-9-11-20(19)22/h9-12,15-18,21,23-25,31H,7-8,13-14,30H2,1-6H3,(H,32,36)(H,33,35)(H,34,37)(H,38,39)/t17-,18-,21-,23-,24-,25-/m0/s1. The van der Waals surface area contributed by atoms with Crippen LogP contribution in [0.4, 0.5) is 0 Å². The molecule has 2 aromatic rings. The van der Waals surface area contributed by atoms with E-state index < -0.39 is 47.9 Å². The van der Waals surface area contributed by atoms with Crippen LogP contribution in [0.2, 0.25) is 0 Å². The number of carbonyl (C=O) groups excluding carboxylic acids is 3. The lowest BCUT2D eigenvalue weighted by Gasteiger charge is -2.30. The number of rotatable bonds is 15. The summed E-state index contributed by atoms with van der Waals surface area (Å²) >= 11 is 0. The number of aromatic amines is 1. The van der Waals surface area contributed by atoms with E-state index in [2.05, 4.69) is 20.9 Å². The summed E-state index contributed by atoms with van der Waals surface area (Å²) in [6.45, 7) is 11.2. The second-order valence-corrected chi connectivity index (χ2v) is 10.9. The van der Waals surface area contributed by atoms with Gasteiger partial charge in [0.05, 0.1) is 6.04 Å². The van der Waals surface area contributed by atoms with Crippen molar-refractivity contribution in [2.75, 3.05) is 0 Å². The minimum Gasteiger partial charge on any atom is -0.480 e. The Morgan fingerprint density at radius 3 is 1.95 bits per heavy atom. The van der Waals surface area contributed by atoms with Gasteiger partial charge in [0.25, 0.3) is 0 Å². The molecule has 39 heavy (non-hydrogen) atoms. The Kier molecular flexibility index (Phi) is 12.0. The maximum atomic E-state index is 13.5. The number of H-pyrrole nitrogens is 1. The zero-order valence-corrected chi connectivity index (χ0v) is 23.9. The summed E-state index contributed by atoms with van der Waals surface area (Å²) < 4.78 is 0. The second kappa shape index (κ2) is 14.7. The van der Waals surface area contributed by atoms with E-state index in [0.717, 1.165) is 16.5 Å². The minimum atomic E-state index is -1.12. The molecular formula is C29H45N5O5. The number of nitrogens with two attached hydrogens (primary N) is 1. The largest absolute Gasteiger partial charge is 0.480 e. The lowest BCUT2D eigenvalue weighted by atomic mass is 9.94. The predicted octanol–water partition coefficient (Wildman–Crippen LogP) is 2.72. The van der Waals surface area contributed by atoms with Crippen molar-refractivity contribution < 1.29 is 24.3 Å². The molecule has 3 amide bonds. The fraction of sp³-hybridized carbons (Fsp3) is 0.586. The van der Waals surface area contributed by atoms with Crippen LogP contribution in [0.3, 0.4) is 0 Å². The van der Waals surface area contributed by atoms with Gasteiger partial charge in [-0.15, -0.1) is 0 Å². The number of benzene rings is 1. The van der Waals surface area contributed by atoms with Crippen LogP contribution in [-0.2, 0) is 25.6 Å². The van der Waals surface area contributed by atoms with Crippen LogP contribution in [0.5, 0.6) is 0 Å². The number of carboxylic acids is 1. The van der Waals surface area contributed by atoms with Crippen molar-refractivity contribution in [2.45, 2.75) is 91.4 Å². The fourth-order valence-corrected chi connectivity index (χ4v) is 4.49. The Morgan fingerprint density at radius 1 is 0.872 bits per heavy atom. The van der Waals surface area contributed by atoms with E-state index in [-0.39, 0.29) is 30.6 Å². The fourth-order valence-electron chi connectivity index (χ4n) is 4.49. The van der Waals surface area contributed by atoms with Gasteiger partial charge in [-0.25, -0.2) is 4.79 Å². The molecule has 0 saturated heterocycles. The van der Waals surface area contributed by atoms with Crippen LogP contribution >= 0.6 is 0 Å². The van der Waals surface area contributed by atoms with Crippen LogP contribution in [0.1, 0.15) is 66.4 Å². The molecule has 0 radical (unpaired) electrons. The minimum absolute atomic E-state index is 0.0569. The van der Waals surface area contributed by atoms with Crippen molar-refractivity contribution in [3.63, 3.8) is 0 Å². The van der Waals surface area contributed by atoms with Gasteiger partial charge >= 0.3 is 5.97 Å². The predicted molar refractivity (Wildman–Crippen MR) is 152 cm³/mol. The normalized spacial score (nSPS) is 16.1. The molecule has 0 aliphatic rings. The molecule has 0 bridgehead atoms. The van der Waals surface area contributed by atoms with Gasteiger partial charge < -0.3 is 31.8 Å². The van der Waals surface area contributed by atoms with E-state index >= 15 is 0 Å². The number of hydrogen-bond acceptors (Lipinski definition) is 5. The van der Waals surface area contributed by atoms with Crippen molar-refractivity contribution in [3.8, 4) is 0 Å². The summed E-state index contributed by atoms with van der Waals surface area (Å²) in [6.07, 6.45) is 3.56. The summed E-state index contributed by atoms with van der Waals surface area (Å²) in [5.41, 5.74) is 8.11. The highest BCUT2D eigenvalue weighted by Crippen LogP contribution is 2.19. The number of carbonyl (C=O) groups is 4. The van der Waals surface area contributed by atoms with E-state index in [1.54, 1.807) is 0 Å². The highest BCUT2D eigenvalue weighted by Gasteiger charge is 2.34. The average Bonchev–Trinajstić information content (AvgIpc) is 3.30. The number of aromatic nitrogens is 1. The number of hydrogen-bond donors (Lipinski definition) is 6. The van der Waals surface area contributed by atoms with E-state index in [9.17, 15) is 24.3 Å². The monoisotopic (exact) mass is 543 g/mol. The first-order valence-electron chi connectivity index (χ1n) is 13.8. The van der Waals surface area contributed by atoms with Crippen molar-refractivity contribution in [1.82, 2.24) is 20.9 Å². The topological polar surface area (TPSA) is 166 Å². The third-order valence-electron chi connectivity index (χ3n) is 7.36. The van der Waals surface area contributed by atoms with E-state index in [1.165, 1.54) is 0 Å². The lowest BCUT2D eigenvalue weighted by Crippen LogP contribution is -2.60. The molecule has 7 N–H and O–H groups in total. The highest BCUT2D eigenvalue weighted by atomic mass is 16.4. The van der Waals surface area contributed by atoms with Gasteiger partial charge in [-0.2, -0.15) is 0 Å². The van der Waals surface area contributed by atoms with Gasteiger partial charge in [0.15, 0.2) is 0 Å². The van der Waals surface area contributed by atoms with Gasteiger partial charge in [-0.1, -0.05) is 72.6 Å². The Morgan fingerprint density at radius 2 is 1.41 bits per heavy atom. The first-order valence-corrected chi connectivity index (χ1v) is 13.8. The Balaban J connectivity index is 2.16. The number of amides is 3. The molecule has 0 saturated carbocycles. The summed E-state index contributed by atoms with van der Waals surface area (Å²) in [6, 6.07) is 3.92. The molecule has 1 aromatic heterocycles. The van der Waals surface area contributed by atoms with Crippen LogP contribution in [-0.4, -0.2) is 57.9 Å². The van der Waals surface area contributed by atoms with E-state index in [4.69, 9.17) is 5.73 Å². The molecule has 216 valence electrons. The number of carboxylic acid groups (broad SMARTS) is 1. The lowest BCUT2D eigenvalue weighted by molar-refractivity contribution is -0.143. The molecule has 0 aliphatic carbocycles. The van der Waals surface area contributed by atoms with Crippen LogP contribution in [0, 0.1) is 17.8 Å². The zero-order valence-electron chi connectivity index (χ0n) is 23.9. The maximum Gasteiger partial charge on any atom is 0.326 e. The quantitative estimate of drug-likeness (QED) is 0.202. The van der Waals surface area contributed by atoms with E-state index in [1.807, 2.05) is 72.0 Å². The van der Waals surface area contributed by atoms with Crippen molar-refractivity contribution in [1.29, 1.82) is 0 Å². The molecule has 1 aromatic carbocycles. The summed E-state index contributed by atoms with van der Waals surface area (Å²) in [5, 5.41) is 18.7.